The lowest BCUT2D eigenvalue weighted by Crippen LogP contribution is -2.20. The van der Waals surface area contributed by atoms with Gasteiger partial charge in [-0.2, -0.15) is 11.8 Å². The second-order valence-corrected chi connectivity index (χ2v) is 6.00. The molecule has 0 saturated carbocycles. The molecule has 0 spiro atoms. The lowest BCUT2D eigenvalue weighted by atomic mass is 10.0. The van der Waals surface area contributed by atoms with E-state index in [1.54, 1.807) is 0 Å². The highest BCUT2D eigenvalue weighted by atomic mass is 32.2. The van der Waals surface area contributed by atoms with Crippen LogP contribution in [-0.2, 0) is 4.74 Å². The van der Waals surface area contributed by atoms with Crippen LogP contribution in [0.4, 0.5) is 11.5 Å². The molecule has 0 aliphatic carbocycles. The van der Waals surface area contributed by atoms with Gasteiger partial charge in [0.1, 0.15) is 0 Å². The third-order valence-corrected chi connectivity index (χ3v) is 4.43. The van der Waals surface area contributed by atoms with E-state index in [1.165, 1.54) is 19.4 Å². The zero-order valence-corrected chi connectivity index (χ0v) is 12.5. The largest absolute Gasteiger partial charge is 0.465 e. The molecule has 2 rings (SSSR count). The summed E-state index contributed by atoms with van der Waals surface area (Å²) in [4.78, 5) is 26.0. The van der Waals surface area contributed by atoms with Crippen molar-refractivity contribution in [1.29, 1.82) is 0 Å². The summed E-state index contributed by atoms with van der Waals surface area (Å²) in [6, 6.07) is 1.19. The van der Waals surface area contributed by atoms with Crippen LogP contribution < -0.4 is 5.32 Å². The number of thioether (sulfide) groups is 1. The van der Waals surface area contributed by atoms with E-state index >= 15 is 0 Å². The molecule has 0 unspecified atom stereocenters. The molecule has 1 N–H and O–H groups in total. The zero-order valence-electron chi connectivity index (χ0n) is 11.7. The Hall–Kier alpha value is -1.83. The maximum absolute atomic E-state index is 11.4. The fourth-order valence-electron chi connectivity index (χ4n) is 2.15. The predicted molar refractivity (Wildman–Crippen MR) is 80.8 cm³/mol. The van der Waals surface area contributed by atoms with Gasteiger partial charge in [-0.25, -0.2) is 9.78 Å². The minimum Gasteiger partial charge on any atom is -0.465 e. The van der Waals surface area contributed by atoms with Crippen molar-refractivity contribution in [3.63, 3.8) is 0 Å². The van der Waals surface area contributed by atoms with Gasteiger partial charge in [0.05, 0.1) is 17.6 Å². The molecule has 0 amide bonds. The first kappa shape index (κ1) is 15.6. The summed E-state index contributed by atoms with van der Waals surface area (Å²) < 4.78 is 4.54. The molecule has 0 atom stereocenters. The van der Waals surface area contributed by atoms with Crippen molar-refractivity contribution in [2.75, 3.05) is 30.5 Å². The summed E-state index contributed by atoms with van der Waals surface area (Å²) in [7, 11) is 1.22. The van der Waals surface area contributed by atoms with Crippen LogP contribution in [0, 0.1) is 16.0 Å². The molecule has 2 heterocycles. The summed E-state index contributed by atoms with van der Waals surface area (Å²) in [6.07, 6.45) is 3.50. The average Bonchev–Trinajstić information content (AvgIpc) is 2.52. The van der Waals surface area contributed by atoms with Crippen LogP contribution in [0.5, 0.6) is 0 Å². The SMILES string of the molecule is COC(=O)c1cnc(NCC2CCSCC2)c([N+](=O)[O-])c1. The Bertz CT molecular complexity index is 532. The van der Waals surface area contributed by atoms with Crippen molar-refractivity contribution in [1.82, 2.24) is 4.98 Å². The summed E-state index contributed by atoms with van der Waals surface area (Å²) in [5.74, 6) is 2.33. The topological polar surface area (TPSA) is 94.4 Å². The van der Waals surface area contributed by atoms with Crippen LogP contribution in [0.2, 0.25) is 0 Å². The monoisotopic (exact) mass is 311 g/mol. The number of carbonyl (C=O) groups is 1. The van der Waals surface area contributed by atoms with Gasteiger partial charge in [0, 0.05) is 18.8 Å². The van der Waals surface area contributed by atoms with Crippen molar-refractivity contribution >= 4 is 29.2 Å². The molecule has 1 fully saturated rings. The van der Waals surface area contributed by atoms with Crippen LogP contribution in [-0.4, -0.2) is 41.0 Å². The third-order valence-electron chi connectivity index (χ3n) is 3.38. The molecule has 1 aromatic rings. The van der Waals surface area contributed by atoms with Gasteiger partial charge in [0.25, 0.3) is 0 Å². The number of hydrogen-bond donors (Lipinski definition) is 1. The van der Waals surface area contributed by atoms with E-state index in [0.717, 1.165) is 24.3 Å². The molecule has 7 nitrogen and oxygen atoms in total. The number of rotatable bonds is 5. The number of hydrogen-bond acceptors (Lipinski definition) is 7. The molecule has 0 radical (unpaired) electrons. The van der Waals surface area contributed by atoms with E-state index in [2.05, 4.69) is 15.0 Å². The van der Waals surface area contributed by atoms with Crippen molar-refractivity contribution in [3.05, 3.63) is 27.9 Å². The lowest BCUT2D eigenvalue weighted by molar-refractivity contribution is -0.384. The number of aromatic nitrogens is 1. The van der Waals surface area contributed by atoms with E-state index in [0.29, 0.717) is 12.5 Å². The van der Waals surface area contributed by atoms with E-state index in [4.69, 9.17) is 0 Å². The standard InChI is InChI=1S/C13H17N3O4S/c1-20-13(17)10-6-11(16(18)19)12(15-8-10)14-7-9-2-4-21-5-3-9/h6,8-9H,2-5,7H2,1H3,(H,14,15). The first-order chi connectivity index (χ1) is 10.1. The number of nitrogens with one attached hydrogen (secondary N) is 1. The van der Waals surface area contributed by atoms with E-state index in [-0.39, 0.29) is 17.1 Å². The molecule has 1 aliphatic heterocycles. The first-order valence-corrected chi connectivity index (χ1v) is 7.81. The summed E-state index contributed by atoms with van der Waals surface area (Å²) in [5.41, 5.74) is -0.132. The minimum absolute atomic E-state index is 0.0730. The molecule has 1 saturated heterocycles. The first-order valence-electron chi connectivity index (χ1n) is 6.66. The maximum atomic E-state index is 11.4. The molecular formula is C13H17N3O4S. The van der Waals surface area contributed by atoms with Gasteiger partial charge >= 0.3 is 11.7 Å². The number of ether oxygens (including phenoxy) is 1. The summed E-state index contributed by atoms with van der Waals surface area (Å²) >= 11 is 1.93. The van der Waals surface area contributed by atoms with Gasteiger partial charge < -0.3 is 10.1 Å². The van der Waals surface area contributed by atoms with Crippen molar-refractivity contribution in [2.24, 2.45) is 5.92 Å². The number of esters is 1. The molecule has 1 aliphatic rings. The van der Waals surface area contributed by atoms with Crippen molar-refractivity contribution in [3.8, 4) is 0 Å². The summed E-state index contributed by atoms with van der Waals surface area (Å²) in [5, 5.41) is 14.1. The van der Waals surface area contributed by atoms with E-state index in [9.17, 15) is 14.9 Å². The number of nitro groups is 1. The maximum Gasteiger partial charge on any atom is 0.339 e. The highest BCUT2D eigenvalue weighted by Crippen LogP contribution is 2.26. The quantitative estimate of drug-likeness (QED) is 0.506. The molecule has 0 aromatic carbocycles. The van der Waals surface area contributed by atoms with Crippen LogP contribution in [0.25, 0.3) is 0 Å². The Labute approximate surface area is 126 Å². The smallest absolute Gasteiger partial charge is 0.339 e. The van der Waals surface area contributed by atoms with Crippen LogP contribution >= 0.6 is 11.8 Å². The summed E-state index contributed by atoms with van der Waals surface area (Å²) in [6.45, 7) is 0.659. The van der Waals surface area contributed by atoms with E-state index < -0.39 is 10.9 Å². The molecule has 0 bridgehead atoms. The van der Waals surface area contributed by atoms with Crippen molar-refractivity contribution < 1.29 is 14.5 Å². The number of nitrogens with zero attached hydrogens (tertiary/aromatic N) is 2. The van der Waals surface area contributed by atoms with Crippen LogP contribution in [0.15, 0.2) is 12.3 Å². The fourth-order valence-corrected chi connectivity index (χ4v) is 3.35. The van der Waals surface area contributed by atoms with Gasteiger partial charge in [-0.15, -0.1) is 0 Å². The van der Waals surface area contributed by atoms with Gasteiger partial charge in [-0.05, 0) is 30.3 Å². The molecule has 21 heavy (non-hydrogen) atoms. The Morgan fingerprint density at radius 2 is 2.29 bits per heavy atom. The molecule has 8 heteroatoms. The number of pyridine rings is 1. The Morgan fingerprint density at radius 1 is 1.57 bits per heavy atom. The van der Waals surface area contributed by atoms with Gasteiger partial charge in [-0.1, -0.05) is 0 Å². The highest BCUT2D eigenvalue weighted by Gasteiger charge is 2.21. The third kappa shape index (κ3) is 4.07. The second-order valence-electron chi connectivity index (χ2n) is 4.78. The van der Waals surface area contributed by atoms with E-state index in [1.807, 2.05) is 11.8 Å². The van der Waals surface area contributed by atoms with Crippen molar-refractivity contribution in [2.45, 2.75) is 12.8 Å². The second kappa shape index (κ2) is 7.26. The minimum atomic E-state index is -0.638. The normalized spacial score (nSPS) is 15.5. The van der Waals surface area contributed by atoms with Gasteiger partial charge in [-0.3, -0.25) is 10.1 Å². The number of methoxy groups -OCH3 is 1. The van der Waals surface area contributed by atoms with Gasteiger partial charge in [0.15, 0.2) is 0 Å². The average molecular weight is 311 g/mol. The number of carbonyl (C=O) groups excluding carboxylic acids is 1. The number of anilines is 1. The Morgan fingerprint density at radius 3 is 2.90 bits per heavy atom. The molecule has 1 aromatic heterocycles. The molecule has 114 valence electrons. The predicted octanol–water partition coefficient (Wildman–Crippen LogP) is 2.33. The Balaban J connectivity index is 2.10. The zero-order chi connectivity index (χ0) is 15.2. The highest BCUT2D eigenvalue weighted by molar-refractivity contribution is 7.99. The van der Waals surface area contributed by atoms with Crippen LogP contribution in [0.1, 0.15) is 23.2 Å². The molecular weight excluding hydrogens is 294 g/mol. The fraction of sp³-hybridized carbons (Fsp3) is 0.538. The van der Waals surface area contributed by atoms with Gasteiger partial charge in [0.2, 0.25) is 5.82 Å². The lowest BCUT2D eigenvalue weighted by Gasteiger charge is -2.21. The van der Waals surface area contributed by atoms with Crippen LogP contribution in [0.3, 0.4) is 0 Å². The Kier molecular flexibility index (Phi) is 5.38.